The molecule has 1 N–H and O–H groups in total. The molecule has 42 heavy (non-hydrogen) atoms. The van der Waals surface area contributed by atoms with Crippen LogP contribution in [0.5, 0.6) is 0 Å². The average Bonchev–Trinajstić information content (AvgIpc) is 2.89. The van der Waals surface area contributed by atoms with Crippen LogP contribution in [0, 0.1) is 5.41 Å². The van der Waals surface area contributed by atoms with Crippen molar-refractivity contribution in [1.82, 2.24) is 9.97 Å². The van der Waals surface area contributed by atoms with Gasteiger partial charge in [-0.3, -0.25) is 9.97 Å². The molecule has 3 heterocycles. The summed E-state index contributed by atoms with van der Waals surface area (Å²) in [5, 5.41) is 12.0. The summed E-state index contributed by atoms with van der Waals surface area (Å²) < 4.78 is 52.8. The summed E-state index contributed by atoms with van der Waals surface area (Å²) in [5.74, 6) is -0.0134. The highest BCUT2D eigenvalue weighted by molar-refractivity contribution is 6.74. The van der Waals surface area contributed by atoms with Crippen LogP contribution in [0.3, 0.4) is 0 Å². The Kier molecular flexibility index (Phi) is 8.31. The zero-order valence-corrected chi connectivity index (χ0v) is 27.0. The maximum atomic E-state index is 13.3. The Balaban J connectivity index is 1.75. The van der Waals surface area contributed by atoms with Gasteiger partial charge < -0.3 is 14.3 Å². The van der Waals surface area contributed by atoms with Gasteiger partial charge in [0.1, 0.15) is 11.8 Å². The average molecular weight is 603 g/mol. The minimum absolute atomic E-state index is 0.00897. The van der Waals surface area contributed by atoms with Gasteiger partial charge in [-0.05, 0) is 78.8 Å². The number of halogens is 3. The standard InChI is InChI=1S/C33H45F3N2O3Si/c1-20(2)29-28(30(39)22-9-10-25(37-19-22)33(34,35)36)26(21-11-15-40-16-12-21)27-23(38-29)17-32(13-8-14-32)18-24(27)41-42(6,7)31(3,4)5/h9-11,19-20,24,30,39H,8,12-18H2,1-7H3/t24?,30-/m0/s1. The normalized spacial score (nSPS) is 21.6. The number of hydrogen-bond donors (Lipinski definition) is 1. The number of rotatable bonds is 6. The zero-order valence-electron chi connectivity index (χ0n) is 26.0. The molecular weight excluding hydrogens is 557 g/mol. The molecule has 2 aliphatic carbocycles. The Bertz CT molecular complexity index is 1340. The van der Waals surface area contributed by atoms with Crippen molar-refractivity contribution in [3.05, 3.63) is 63.7 Å². The highest BCUT2D eigenvalue weighted by Gasteiger charge is 2.49. The van der Waals surface area contributed by atoms with Crippen LogP contribution in [0.15, 0.2) is 24.4 Å². The molecule has 230 valence electrons. The molecule has 1 fully saturated rings. The van der Waals surface area contributed by atoms with E-state index in [9.17, 15) is 18.3 Å². The Labute approximate surface area is 249 Å². The van der Waals surface area contributed by atoms with E-state index in [1.165, 1.54) is 12.5 Å². The van der Waals surface area contributed by atoms with Crippen LogP contribution < -0.4 is 0 Å². The molecule has 0 aromatic carbocycles. The van der Waals surface area contributed by atoms with Crippen molar-refractivity contribution in [1.29, 1.82) is 0 Å². The monoisotopic (exact) mass is 602 g/mol. The summed E-state index contributed by atoms with van der Waals surface area (Å²) in [4.78, 5) is 8.98. The van der Waals surface area contributed by atoms with Crippen LogP contribution in [0.25, 0.3) is 5.57 Å². The molecule has 1 spiro atoms. The van der Waals surface area contributed by atoms with Crippen molar-refractivity contribution in [3.8, 4) is 0 Å². The Hall–Kier alpha value is -2.07. The highest BCUT2D eigenvalue weighted by Crippen LogP contribution is 2.57. The number of fused-ring (bicyclic) bond motifs is 1. The molecule has 9 heteroatoms. The molecule has 0 radical (unpaired) electrons. The summed E-state index contributed by atoms with van der Waals surface area (Å²) in [6, 6.07) is 2.27. The van der Waals surface area contributed by atoms with Crippen molar-refractivity contribution in [2.45, 2.75) is 116 Å². The lowest BCUT2D eigenvalue weighted by Gasteiger charge is -2.51. The predicted molar refractivity (Wildman–Crippen MR) is 161 cm³/mol. The van der Waals surface area contributed by atoms with Crippen LogP contribution in [-0.4, -0.2) is 36.6 Å². The summed E-state index contributed by atoms with van der Waals surface area (Å²) >= 11 is 0. The molecule has 1 aliphatic heterocycles. The fourth-order valence-electron chi connectivity index (χ4n) is 6.50. The topological polar surface area (TPSA) is 64.5 Å². The zero-order chi connectivity index (χ0) is 30.7. The fraction of sp³-hybridized carbons (Fsp3) is 0.636. The van der Waals surface area contributed by atoms with Crippen molar-refractivity contribution in [2.24, 2.45) is 5.41 Å². The minimum Gasteiger partial charge on any atom is -0.410 e. The molecule has 0 amide bonds. The number of ether oxygens (including phenoxy) is 1. The molecule has 3 aliphatic rings. The number of aliphatic hydroxyl groups is 1. The number of aliphatic hydroxyl groups excluding tert-OH is 1. The van der Waals surface area contributed by atoms with E-state index in [1.54, 1.807) is 0 Å². The largest absolute Gasteiger partial charge is 0.433 e. The van der Waals surface area contributed by atoms with E-state index in [0.717, 1.165) is 66.0 Å². The van der Waals surface area contributed by atoms with Crippen molar-refractivity contribution in [2.75, 3.05) is 13.2 Å². The van der Waals surface area contributed by atoms with Crippen molar-refractivity contribution >= 4 is 13.9 Å². The first-order valence-electron chi connectivity index (χ1n) is 15.3. The van der Waals surface area contributed by atoms with Gasteiger partial charge >= 0.3 is 6.18 Å². The first-order chi connectivity index (χ1) is 19.5. The van der Waals surface area contributed by atoms with E-state index in [1.807, 2.05) is 0 Å². The third-order valence-electron chi connectivity index (χ3n) is 10.0. The van der Waals surface area contributed by atoms with Gasteiger partial charge in [-0.25, -0.2) is 0 Å². The second-order valence-corrected chi connectivity index (χ2v) is 19.1. The van der Waals surface area contributed by atoms with Crippen molar-refractivity contribution in [3.63, 3.8) is 0 Å². The SMILES string of the molecule is CC(C)c1nc2c(c(C3=CCOCC3)c1[C@@H](O)c1ccc(C(F)(F)F)nc1)C(O[Si](C)(C)C(C)(C)C)CC1(CCC1)C2. The second kappa shape index (κ2) is 11.1. The van der Waals surface area contributed by atoms with Crippen LogP contribution in [-0.2, 0) is 21.8 Å². The number of hydrogen-bond acceptors (Lipinski definition) is 5. The Morgan fingerprint density at radius 2 is 1.86 bits per heavy atom. The molecule has 1 unspecified atom stereocenters. The first kappa shape index (κ1) is 31.4. The van der Waals surface area contributed by atoms with Gasteiger partial charge in [0, 0.05) is 34.3 Å². The van der Waals surface area contributed by atoms with Crippen LogP contribution in [0.1, 0.15) is 124 Å². The summed E-state index contributed by atoms with van der Waals surface area (Å²) in [5.41, 5.74) is 5.11. The van der Waals surface area contributed by atoms with Gasteiger partial charge in [-0.15, -0.1) is 0 Å². The van der Waals surface area contributed by atoms with Crippen LogP contribution in [0.2, 0.25) is 18.1 Å². The molecule has 0 bridgehead atoms. The Morgan fingerprint density at radius 3 is 2.36 bits per heavy atom. The maximum Gasteiger partial charge on any atom is 0.433 e. The maximum absolute atomic E-state index is 13.3. The van der Waals surface area contributed by atoms with Gasteiger partial charge in [0.15, 0.2) is 8.32 Å². The van der Waals surface area contributed by atoms with E-state index in [2.05, 4.69) is 58.8 Å². The van der Waals surface area contributed by atoms with E-state index in [0.29, 0.717) is 30.8 Å². The summed E-state index contributed by atoms with van der Waals surface area (Å²) in [6.07, 6.45) is 3.34. The highest BCUT2D eigenvalue weighted by atomic mass is 28.4. The molecule has 5 nitrogen and oxygen atoms in total. The van der Waals surface area contributed by atoms with Gasteiger partial charge in [-0.2, -0.15) is 13.2 Å². The molecule has 5 rings (SSSR count). The van der Waals surface area contributed by atoms with E-state index < -0.39 is 26.3 Å². The lowest BCUT2D eigenvalue weighted by atomic mass is 9.59. The van der Waals surface area contributed by atoms with Gasteiger partial charge in [-0.1, -0.05) is 53.2 Å². The molecule has 0 saturated heterocycles. The third kappa shape index (κ3) is 5.86. The van der Waals surface area contributed by atoms with Gasteiger partial charge in [0.05, 0.1) is 19.3 Å². The summed E-state index contributed by atoms with van der Waals surface area (Å²) in [7, 11) is -2.20. The molecule has 2 aromatic heterocycles. The molecule has 2 atom stereocenters. The van der Waals surface area contributed by atoms with E-state index in [4.69, 9.17) is 14.1 Å². The van der Waals surface area contributed by atoms with Crippen LogP contribution in [0.4, 0.5) is 13.2 Å². The lowest BCUT2D eigenvalue weighted by molar-refractivity contribution is -0.141. The van der Waals surface area contributed by atoms with E-state index >= 15 is 0 Å². The van der Waals surface area contributed by atoms with Gasteiger partial charge in [0.25, 0.3) is 0 Å². The van der Waals surface area contributed by atoms with Crippen molar-refractivity contribution < 1.29 is 27.4 Å². The van der Waals surface area contributed by atoms with Crippen LogP contribution >= 0.6 is 0 Å². The second-order valence-electron chi connectivity index (χ2n) is 14.3. The Morgan fingerprint density at radius 1 is 1.14 bits per heavy atom. The first-order valence-corrected chi connectivity index (χ1v) is 18.2. The quantitative estimate of drug-likeness (QED) is 0.335. The smallest absolute Gasteiger partial charge is 0.410 e. The van der Waals surface area contributed by atoms with Gasteiger partial charge in [0.2, 0.25) is 0 Å². The molecule has 1 saturated carbocycles. The number of nitrogens with zero attached hydrogens (tertiary/aromatic N) is 2. The third-order valence-corrected chi connectivity index (χ3v) is 14.5. The number of alkyl halides is 3. The minimum atomic E-state index is -4.55. The van der Waals surface area contributed by atoms with E-state index in [-0.39, 0.29) is 22.5 Å². The molecule has 2 aromatic rings. The number of pyridine rings is 2. The predicted octanol–water partition coefficient (Wildman–Crippen LogP) is 8.68. The lowest BCUT2D eigenvalue weighted by Crippen LogP contribution is -2.46. The molecular formula is C33H45F3N2O3Si. The summed E-state index contributed by atoms with van der Waals surface area (Å²) in [6.45, 7) is 16.5. The fourth-order valence-corrected chi connectivity index (χ4v) is 7.76. The number of aromatic nitrogens is 2.